The molecule has 12 heteroatoms. The van der Waals surface area contributed by atoms with Crippen LogP contribution in [0, 0.1) is 12.7 Å². The Hall–Kier alpha value is -5.10. The normalized spacial score (nSPS) is 17.1. The van der Waals surface area contributed by atoms with Crippen LogP contribution in [-0.2, 0) is 25.3 Å². The lowest BCUT2D eigenvalue weighted by Gasteiger charge is -2.20. The number of hydrogen-bond donors (Lipinski definition) is 3. The van der Waals surface area contributed by atoms with Gasteiger partial charge in [-0.15, -0.1) is 0 Å². The van der Waals surface area contributed by atoms with Gasteiger partial charge in [0.05, 0.1) is 18.5 Å². The number of halogens is 1. The molecular formula is C34H35FN6O5. The molecule has 46 heavy (non-hydrogen) atoms. The fraction of sp³-hybridized carbons (Fsp3) is 0.324. The highest BCUT2D eigenvalue weighted by molar-refractivity contribution is 6.04. The maximum atomic E-state index is 16.0. The molecule has 1 aliphatic heterocycles. The molecular weight excluding hydrogens is 591 g/mol. The quantitative estimate of drug-likeness (QED) is 0.273. The van der Waals surface area contributed by atoms with Crippen molar-refractivity contribution < 1.29 is 18.7 Å². The smallest absolute Gasteiger partial charge is 0.330 e. The third kappa shape index (κ3) is 5.60. The minimum Gasteiger partial charge on any atom is -0.481 e. The summed E-state index contributed by atoms with van der Waals surface area (Å²) in [5.41, 5.74) is 3.59. The minimum absolute atomic E-state index is 0.0597. The summed E-state index contributed by atoms with van der Waals surface area (Å²) in [6.45, 7) is 2.57. The SMILES string of the molecule is COc1nc(-c2cccc(-c3cccc(NC(=O)c4cn(C)c(=O)n(C)c4=O)c3F)c2C)cc2c1C(NCC1CCC(=O)N1)CC2. The Morgan fingerprint density at radius 2 is 1.80 bits per heavy atom. The molecule has 2 atom stereocenters. The number of aromatic nitrogens is 3. The first-order chi connectivity index (χ1) is 22.1. The second kappa shape index (κ2) is 12.4. The number of fused-ring (bicyclic) bond motifs is 1. The maximum Gasteiger partial charge on any atom is 0.330 e. The zero-order valence-electron chi connectivity index (χ0n) is 26.1. The second-order valence-corrected chi connectivity index (χ2v) is 11.8. The lowest BCUT2D eigenvalue weighted by atomic mass is 9.93. The largest absolute Gasteiger partial charge is 0.481 e. The van der Waals surface area contributed by atoms with E-state index in [9.17, 15) is 19.2 Å². The number of methoxy groups -OCH3 is 1. The van der Waals surface area contributed by atoms with Gasteiger partial charge in [-0.25, -0.2) is 14.2 Å². The number of aryl methyl sites for hydroxylation is 2. The van der Waals surface area contributed by atoms with Crippen LogP contribution in [0.2, 0.25) is 0 Å². The highest BCUT2D eigenvalue weighted by Gasteiger charge is 2.30. The highest BCUT2D eigenvalue weighted by Crippen LogP contribution is 2.41. The number of pyridine rings is 1. The molecule has 6 rings (SSSR count). The molecule has 2 aromatic carbocycles. The number of carbonyl (C=O) groups excluding carboxylic acids is 2. The van der Waals surface area contributed by atoms with E-state index in [0.717, 1.165) is 56.8 Å². The van der Waals surface area contributed by atoms with Gasteiger partial charge in [0.25, 0.3) is 11.5 Å². The van der Waals surface area contributed by atoms with Gasteiger partial charge in [0.1, 0.15) is 5.56 Å². The Kier molecular flexibility index (Phi) is 8.30. The first-order valence-electron chi connectivity index (χ1n) is 15.1. The van der Waals surface area contributed by atoms with Gasteiger partial charge in [-0.3, -0.25) is 19.0 Å². The fourth-order valence-electron chi connectivity index (χ4n) is 6.41. The lowest BCUT2D eigenvalue weighted by molar-refractivity contribution is -0.119. The summed E-state index contributed by atoms with van der Waals surface area (Å²) in [4.78, 5) is 54.1. The molecule has 3 N–H and O–H groups in total. The fourth-order valence-corrected chi connectivity index (χ4v) is 6.41. The molecule has 3 heterocycles. The van der Waals surface area contributed by atoms with Crippen LogP contribution < -0.4 is 31.9 Å². The van der Waals surface area contributed by atoms with E-state index in [0.29, 0.717) is 30.1 Å². The van der Waals surface area contributed by atoms with Crippen LogP contribution in [0.4, 0.5) is 10.1 Å². The second-order valence-electron chi connectivity index (χ2n) is 11.8. The molecule has 4 aromatic rings. The molecule has 11 nitrogen and oxygen atoms in total. The number of hydrogen-bond acceptors (Lipinski definition) is 7. The molecule has 0 radical (unpaired) electrons. The summed E-state index contributed by atoms with van der Waals surface area (Å²) < 4.78 is 23.7. The molecule has 2 amide bonds. The van der Waals surface area contributed by atoms with Crippen LogP contribution in [0.5, 0.6) is 5.88 Å². The van der Waals surface area contributed by atoms with E-state index < -0.39 is 23.0 Å². The van der Waals surface area contributed by atoms with Crippen molar-refractivity contribution in [3.63, 3.8) is 0 Å². The van der Waals surface area contributed by atoms with E-state index >= 15 is 4.39 Å². The van der Waals surface area contributed by atoms with Crippen LogP contribution in [0.1, 0.15) is 52.4 Å². The number of ether oxygens (including phenoxy) is 1. The summed E-state index contributed by atoms with van der Waals surface area (Å²) in [6.07, 6.45) is 4.23. The molecule has 0 bridgehead atoms. The van der Waals surface area contributed by atoms with E-state index in [2.05, 4.69) is 22.0 Å². The van der Waals surface area contributed by atoms with Gasteiger partial charge in [-0.05, 0) is 55.0 Å². The molecule has 1 fully saturated rings. The standard InChI is InChI=1S/C34H35FN6O5/c1-18-21(23-9-6-10-26(30(23)35)38-31(43)24-17-40(2)34(45)41(3)33(24)44)7-5-8-22(18)27-15-19-11-13-25(29(19)32(39-27)46-4)36-16-20-12-14-28(42)37-20/h5-10,15,17,20,25,36H,11-14,16H2,1-4H3,(H,37,42)(H,38,43). The molecule has 1 aliphatic carbocycles. The third-order valence-electron chi connectivity index (χ3n) is 8.89. The van der Waals surface area contributed by atoms with Crippen molar-refractivity contribution in [2.45, 2.75) is 44.7 Å². The molecule has 0 saturated carbocycles. The van der Waals surface area contributed by atoms with E-state index in [-0.39, 0.29) is 34.8 Å². The topological polar surface area (TPSA) is 136 Å². The third-order valence-corrected chi connectivity index (χ3v) is 8.89. The Bertz CT molecular complexity index is 2000. The minimum atomic E-state index is -0.826. The zero-order valence-corrected chi connectivity index (χ0v) is 26.1. The average molecular weight is 627 g/mol. The Labute approximate surface area is 264 Å². The van der Waals surface area contributed by atoms with Gasteiger partial charge >= 0.3 is 5.69 Å². The highest BCUT2D eigenvalue weighted by atomic mass is 19.1. The molecule has 238 valence electrons. The number of nitrogens with zero attached hydrogens (tertiary/aromatic N) is 3. The molecule has 2 unspecified atom stereocenters. The number of anilines is 1. The van der Waals surface area contributed by atoms with E-state index in [1.165, 1.54) is 20.2 Å². The molecule has 2 aliphatic rings. The number of amides is 2. The zero-order chi connectivity index (χ0) is 32.7. The Morgan fingerprint density at radius 1 is 1.07 bits per heavy atom. The van der Waals surface area contributed by atoms with E-state index in [1.807, 2.05) is 19.1 Å². The Morgan fingerprint density at radius 3 is 2.54 bits per heavy atom. The van der Waals surface area contributed by atoms with Crippen molar-refractivity contribution >= 4 is 17.5 Å². The van der Waals surface area contributed by atoms with Gasteiger partial charge in [-0.1, -0.05) is 30.3 Å². The van der Waals surface area contributed by atoms with Crippen molar-refractivity contribution in [1.82, 2.24) is 24.8 Å². The van der Waals surface area contributed by atoms with Gasteiger partial charge in [0.2, 0.25) is 11.8 Å². The maximum absolute atomic E-state index is 16.0. The summed E-state index contributed by atoms with van der Waals surface area (Å²) in [6, 6.07) is 12.5. The predicted octanol–water partition coefficient (Wildman–Crippen LogP) is 3.38. The van der Waals surface area contributed by atoms with Crippen LogP contribution in [0.3, 0.4) is 0 Å². The molecule has 1 saturated heterocycles. The molecule has 2 aromatic heterocycles. The first kappa shape index (κ1) is 30.9. The number of carbonyl (C=O) groups is 2. The summed E-state index contributed by atoms with van der Waals surface area (Å²) in [7, 11) is 4.30. The summed E-state index contributed by atoms with van der Waals surface area (Å²) in [5, 5.41) is 9.08. The van der Waals surface area contributed by atoms with Crippen molar-refractivity contribution in [1.29, 1.82) is 0 Å². The number of rotatable bonds is 8. The lowest BCUT2D eigenvalue weighted by Crippen LogP contribution is -2.40. The van der Waals surface area contributed by atoms with Crippen molar-refractivity contribution in [3.05, 3.63) is 97.6 Å². The van der Waals surface area contributed by atoms with Crippen LogP contribution >= 0.6 is 0 Å². The van der Waals surface area contributed by atoms with Crippen LogP contribution in [0.25, 0.3) is 22.4 Å². The van der Waals surface area contributed by atoms with Gasteiger partial charge in [-0.2, -0.15) is 0 Å². The Balaban J connectivity index is 1.29. The average Bonchev–Trinajstić information content (AvgIpc) is 3.66. The monoisotopic (exact) mass is 626 g/mol. The van der Waals surface area contributed by atoms with Gasteiger partial charge < -0.3 is 25.3 Å². The summed E-state index contributed by atoms with van der Waals surface area (Å²) >= 11 is 0. The van der Waals surface area contributed by atoms with Crippen LogP contribution in [0.15, 0.2) is 58.3 Å². The van der Waals surface area contributed by atoms with Crippen molar-refractivity contribution in [2.75, 3.05) is 19.0 Å². The first-order valence-corrected chi connectivity index (χ1v) is 15.1. The van der Waals surface area contributed by atoms with E-state index in [1.54, 1.807) is 25.3 Å². The summed E-state index contributed by atoms with van der Waals surface area (Å²) in [5.74, 6) is -0.870. The van der Waals surface area contributed by atoms with Crippen molar-refractivity contribution in [3.8, 4) is 28.3 Å². The predicted molar refractivity (Wildman–Crippen MR) is 171 cm³/mol. The molecule has 0 spiro atoms. The van der Waals surface area contributed by atoms with Gasteiger partial charge in [0.15, 0.2) is 5.82 Å². The van der Waals surface area contributed by atoms with Crippen molar-refractivity contribution in [2.24, 2.45) is 14.1 Å². The van der Waals surface area contributed by atoms with Crippen LogP contribution in [-0.4, -0.2) is 45.6 Å². The van der Waals surface area contributed by atoms with E-state index in [4.69, 9.17) is 9.72 Å². The number of nitrogens with one attached hydrogen (secondary N) is 3. The number of benzene rings is 2. The van der Waals surface area contributed by atoms with Gasteiger partial charge in [0, 0.05) is 62.0 Å².